The van der Waals surface area contributed by atoms with Gasteiger partial charge in [0.15, 0.2) is 17.5 Å². The van der Waals surface area contributed by atoms with Gasteiger partial charge >= 0.3 is 0 Å². The minimum atomic E-state index is 0.646. The highest BCUT2D eigenvalue weighted by Gasteiger charge is 2.14. The fraction of sp³-hybridized carbons (Fsp3) is 0. The van der Waals surface area contributed by atoms with Gasteiger partial charge in [-0.1, -0.05) is 164 Å². The molecule has 10 rings (SSSR count). The highest BCUT2D eigenvalue weighted by atomic mass is 15.0. The van der Waals surface area contributed by atoms with Gasteiger partial charge in [-0.25, -0.2) is 15.0 Å². The van der Waals surface area contributed by atoms with Crippen LogP contribution in [0.25, 0.3) is 99.9 Å². The Bertz CT molecular complexity index is 2900. The number of aromatic nitrogens is 3. The van der Waals surface area contributed by atoms with Crippen molar-refractivity contribution in [3.63, 3.8) is 0 Å². The van der Waals surface area contributed by atoms with Gasteiger partial charge in [-0.05, 0) is 102 Å². The Labute approximate surface area is 313 Å². The Morgan fingerprint density at radius 3 is 0.944 bits per heavy atom. The number of hydrogen-bond donors (Lipinski definition) is 0. The lowest BCUT2D eigenvalue weighted by atomic mass is 9.95. The van der Waals surface area contributed by atoms with Crippen LogP contribution in [-0.4, -0.2) is 15.0 Å². The molecule has 0 saturated carbocycles. The summed E-state index contributed by atoms with van der Waals surface area (Å²) in [5.74, 6) is 1.95. The number of hydrogen-bond acceptors (Lipinski definition) is 3. The Morgan fingerprint density at radius 2 is 0.481 bits per heavy atom. The van der Waals surface area contributed by atoms with Crippen LogP contribution in [0.3, 0.4) is 0 Å². The summed E-state index contributed by atoms with van der Waals surface area (Å²) in [5, 5.41) is 6.95. The Morgan fingerprint density at radius 1 is 0.185 bits per heavy atom. The van der Waals surface area contributed by atoms with E-state index in [2.05, 4.69) is 200 Å². The van der Waals surface area contributed by atoms with Crippen molar-refractivity contribution in [3.05, 3.63) is 200 Å². The van der Waals surface area contributed by atoms with Gasteiger partial charge in [-0.2, -0.15) is 0 Å². The summed E-state index contributed by atoms with van der Waals surface area (Å²) in [7, 11) is 0. The molecular weight excluding hydrogens is 655 g/mol. The molecular formula is C51H33N3. The molecule has 3 nitrogen and oxygen atoms in total. The van der Waals surface area contributed by atoms with Gasteiger partial charge in [0.2, 0.25) is 0 Å². The lowest BCUT2D eigenvalue weighted by Crippen LogP contribution is -2.00. The minimum Gasteiger partial charge on any atom is -0.208 e. The van der Waals surface area contributed by atoms with Crippen LogP contribution in [0.2, 0.25) is 0 Å². The summed E-state index contributed by atoms with van der Waals surface area (Å²) >= 11 is 0. The smallest absolute Gasteiger partial charge is 0.164 e. The van der Waals surface area contributed by atoms with E-state index < -0.39 is 0 Å². The second-order valence-corrected chi connectivity index (χ2v) is 13.7. The van der Waals surface area contributed by atoms with Crippen LogP contribution in [0.4, 0.5) is 0 Å². The Balaban J connectivity index is 1.02. The van der Waals surface area contributed by atoms with Gasteiger partial charge in [-0.15, -0.1) is 0 Å². The molecule has 0 aliphatic rings. The molecule has 0 spiro atoms. The first-order chi connectivity index (χ1) is 26.7. The predicted octanol–water partition coefficient (Wildman–Crippen LogP) is 13.3. The van der Waals surface area contributed by atoms with Crippen LogP contribution in [-0.2, 0) is 0 Å². The van der Waals surface area contributed by atoms with Gasteiger partial charge in [0, 0.05) is 16.7 Å². The number of fused-ring (bicyclic) bond motifs is 3. The Hall–Kier alpha value is -7.23. The van der Waals surface area contributed by atoms with Gasteiger partial charge < -0.3 is 0 Å². The summed E-state index contributed by atoms with van der Waals surface area (Å²) < 4.78 is 0. The number of nitrogens with zero attached hydrogens (tertiary/aromatic N) is 3. The van der Waals surface area contributed by atoms with Gasteiger partial charge in [0.25, 0.3) is 0 Å². The lowest BCUT2D eigenvalue weighted by Gasteiger charge is -2.11. The number of rotatable bonds is 6. The standard InChI is InChI=1S/C51H33N3/c1-2-10-34(11-3-1)39-16-8-17-40(28-39)41-18-9-19-42(29-41)43-22-23-45-33-48(27-24-44(45)30-43)51-53-49(46-25-20-35-12-4-6-14-37(35)31-46)52-50(54-51)47-26-21-36-13-5-7-15-38(36)32-47/h1-33H. The van der Waals surface area contributed by atoms with E-state index in [1.54, 1.807) is 0 Å². The molecule has 0 unspecified atom stereocenters. The second-order valence-electron chi connectivity index (χ2n) is 13.7. The summed E-state index contributed by atoms with van der Waals surface area (Å²) in [6.45, 7) is 0. The summed E-state index contributed by atoms with van der Waals surface area (Å²) in [6, 6.07) is 70.8. The highest BCUT2D eigenvalue weighted by molar-refractivity contribution is 5.92. The van der Waals surface area contributed by atoms with Gasteiger partial charge in [0.1, 0.15) is 0 Å². The van der Waals surface area contributed by atoms with E-state index in [0.29, 0.717) is 17.5 Å². The number of benzene rings is 9. The van der Waals surface area contributed by atoms with E-state index in [0.717, 1.165) is 38.2 Å². The van der Waals surface area contributed by atoms with Crippen LogP contribution in [0.5, 0.6) is 0 Å². The SMILES string of the molecule is c1ccc(-c2cccc(-c3cccc(-c4ccc5cc(-c6nc(-c7ccc8ccccc8c7)nc(-c7ccc8ccccc8c7)n6)ccc5c4)c3)c2)cc1. The molecule has 0 aliphatic carbocycles. The molecule has 0 saturated heterocycles. The van der Waals surface area contributed by atoms with Crippen LogP contribution in [0, 0.1) is 0 Å². The van der Waals surface area contributed by atoms with Crippen molar-refractivity contribution < 1.29 is 0 Å². The molecule has 0 amide bonds. The fourth-order valence-electron chi connectivity index (χ4n) is 7.37. The summed E-state index contributed by atoms with van der Waals surface area (Å²) in [5.41, 5.74) is 10.0. The van der Waals surface area contributed by atoms with Crippen molar-refractivity contribution in [1.82, 2.24) is 15.0 Å². The monoisotopic (exact) mass is 687 g/mol. The molecule has 0 aliphatic heterocycles. The van der Waals surface area contributed by atoms with E-state index in [1.807, 2.05) is 0 Å². The molecule has 0 radical (unpaired) electrons. The van der Waals surface area contributed by atoms with E-state index in [9.17, 15) is 0 Å². The summed E-state index contributed by atoms with van der Waals surface area (Å²) in [4.78, 5) is 15.2. The zero-order valence-corrected chi connectivity index (χ0v) is 29.4. The van der Waals surface area contributed by atoms with Gasteiger partial charge in [-0.3, -0.25) is 0 Å². The average Bonchev–Trinajstić information content (AvgIpc) is 3.26. The first kappa shape index (κ1) is 31.5. The fourth-order valence-corrected chi connectivity index (χ4v) is 7.37. The third-order valence-electron chi connectivity index (χ3n) is 10.2. The normalized spacial score (nSPS) is 11.3. The van der Waals surface area contributed by atoms with E-state index in [1.165, 1.54) is 44.2 Å². The topological polar surface area (TPSA) is 38.7 Å². The van der Waals surface area contributed by atoms with Crippen molar-refractivity contribution in [2.75, 3.05) is 0 Å². The van der Waals surface area contributed by atoms with Gasteiger partial charge in [0.05, 0.1) is 0 Å². The molecule has 1 heterocycles. The predicted molar refractivity (Wildman–Crippen MR) is 225 cm³/mol. The van der Waals surface area contributed by atoms with E-state index >= 15 is 0 Å². The molecule has 3 heteroatoms. The molecule has 10 aromatic rings. The zero-order valence-electron chi connectivity index (χ0n) is 29.4. The third-order valence-corrected chi connectivity index (χ3v) is 10.2. The molecule has 54 heavy (non-hydrogen) atoms. The molecule has 0 fully saturated rings. The molecule has 0 atom stereocenters. The molecule has 9 aromatic carbocycles. The zero-order chi connectivity index (χ0) is 35.8. The first-order valence-electron chi connectivity index (χ1n) is 18.3. The van der Waals surface area contributed by atoms with E-state index in [4.69, 9.17) is 15.0 Å². The van der Waals surface area contributed by atoms with Crippen molar-refractivity contribution in [2.45, 2.75) is 0 Å². The molecule has 0 N–H and O–H groups in total. The maximum Gasteiger partial charge on any atom is 0.164 e. The molecule has 1 aromatic heterocycles. The van der Waals surface area contributed by atoms with Crippen LogP contribution < -0.4 is 0 Å². The maximum absolute atomic E-state index is 5.08. The van der Waals surface area contributed by atoms with Crippen molar-refractivity contribution in [3.8, 4) is 67.5 Å². The largest absolute Gasteiger partial charge is 0.208 e. The maximum atomic E-state index is 5.08. The van der Waals surface area contributed by atoms with Crippen LogP contribution >= 0.6 is 0 Å². The third kappa shape index (κ3) is 6.08. The van der Waals surface area contributed by atoms with Crippen molar-refractivity contribution in [1.29, 1.82) is 0 Å². The van der Waals surface area contributed by atoms with Crippen LogP contribution in [0.1, 0.15) is 0 Å². The van der Waals surface area contributed by atoms with Crippen molar-refractivity contribution >= 4 is 32.3 Å². The summed E-state index contributed by atoms with van der Waals surface area (Å²) in [6.07, 6.45) is 0. The lowest BCUT2D eigenvalue weighted by molar-refractivity contribution is 1.08. The highest BCUT2D eigenvalue weighted by Crippen LogP contribution is 2.33. The molecule has 0 bridgehead atoms. The Kier molecular flexibility index (Phi) is 7.81. The quantitative estimate of drug-likeness (QED) is 0.175. The minimum absolute atomic E-state index is 0.646. The van der Waals surface area contributed by atoms with Crippen molar-refractivity contribution in [2.24, 2.45) is 0 Å². The van der Waals surface area contributed by atoms with Crippen LogP contribution in [0.15, 0.2) is 200 Å². The second kappa shape index (κ2) is 13.4. The first-order valence-corrected chi connectivity index (χ1v) is 18.3. The molecule has 252 valence electrons. The van der Waals surface area contributed by atoms with E-state index in [-0.39, 0.29) is 0 Å². The average molecular weight is 688 g/mol.